The van der Waals surface area contributed by atoms with Crippen LogP contribution in [-0.4, -0.2) is 73.7 Å². The molecule has 2 aliphatic heterocycles. The smallest absolute Gasteiger partial charge is 0.191 e. The van der Waals surface area contributed by atoms with E-state index in [2.05, 4.69) is 39.3 Å². The molecule has 3 aliphatic rings. The summed E-state index contributed by atoms with van der Waals surface area (Å²) in [5.41, 5.74) is 0. The van der Waals surface area contributed by atoms with Gasteiger partial charge in [-0.1, -0.05) is 19.8 Å². The minimum atomic E-state index is 0. The van der Waals surface area contributed by atoms with Crippen LogP contribution in [0, 0.1) is 5.92 Å². The van der Waals surface area contributed by atoms with E-state index in [9.17, 15) is 0 Å². The van der Waals surface area contributed by atoms with Crippen molar-refractivity contribution in [2.45, 2.75) is 76.9 Å². The monoisotopic (exact) mass is 477 g/mol. The molecule has 3 rings (SSSR count). The van der Waals surface area contributed by atoms with Crippen LogP contribution in [0.1, 0.15) is 58.8 Å². The number of nitrogens with zero attached hydrogens (tertiary/aromatic N) is 3. The van der Waals surface area contributed by atoms with Crippen LogP contribution >= 0.6 is 24.0 Å². The summed E-state index contributed by atoms with van der Waals surface area (Å²) >= 11 is 0. The zero-order chi connectivity index (χ0) is 17.6. The van der Waals surface area contributed by atoms with Gasteiger partial charge in [0.25, 0.3) is 0 Å². The van der Waals surface area contributed by atoms with Crippen molar-refractivity contribution in [2.75, 3.05) is 39.8 Å². The Morgan fingerprint density at radius 1 is 1.08 bits per heavy atom. The van der Waals surface area contributed by atoms with Crippen LogP contribution in [0.25, 0.3) is 0 Å². The van der Waals surface area contributed by atoms with E-state index < -0.39 is 0 Å². The van der Waals surface area contributed by atoms with Crippen molar-refractivity contribution in [2.24, 2.45) is 10.9 Å². The largest absolute Gasteiger partial charge is 0.355 e. The maximum absolute atomic E-state index is 4.46. The Bertz CT molecular complexity index is 438. The van der Waals surface area contributed by atoms with Gasteiger partial charge in [0.15, 0.2) is 5.96 Å². The maximum Gasteiger partial charge on any atom is 0.191 e. The van der Waals surface area contributed by atoms with Crippen molar-refractivity contribution in [3.05, 3.63) is 0 Å². The van der Waals surface area contributed by atoms with Crippen molar-refractivity contribution in [3.8, 4) is 0 Å². The zero-order valence-electron chi connectivity index (χ0n) is 17.0. The topological polar surface area (TPSA) is 42.9 Å². The second kappa shape index (κ2) is 11.1. The highest BCUT2D eigenvalue weighted by Gasteiger charge is 2.30. The van der Waals surface area contributed by atoms with Crippen LogP contribution < -0.4 is 10.6 Å². The van der Waals surface area contributed by atoms with Crippen LogP contribution in [0.15, 0.2) is 4.99 Å². The lowest BCUT2D eigenvalue weighted by Gasteiger charge is -2.36. The number of rotatable bonds is 5. The molecule has 26 heavy (non-hydrogen) atoms. The Kier molecular flexibility index (Phi) is 9.44. The summed E-state index contributed by atoms with van der Waals surface area (Å²) in [4.78, 5) is 9.80. The van der Waals surface area contributed by atoms with Gasteiger partial charge in [0, 0.05) is 51.4 Å². The summed E-state index contributed by atoms with van der Waals surface area (Å²) in [6.45, 7) is 10.6. The fourth-order valence-electron chi connectivity index (χ4n) is 4.89. The van der Waals surface area contributed by atoms with Gasteiger partial charge in [0.1, 0.15) is 0 Å². The van der Waals surface area contributed by atoms with E-state index in [-0.39, 0.29) is 24.0 Å². The second-order valence-corrected chi connectivity index (χ2v) is 8.61. The molecular weight excluding hydrogens is 437 g/mol. The molecule has 1 saturated carbocycles. The molecule has 0 radical (unpaired) electrons. The van der Waals surface area contributed by atoms with Gasteiger partial charge in [-0.2, -0.15) is 0 Å². The first-order valence-corrected chi connectivity index (χ1v) is 10.6. The number of nitrogens with one attached hydrogen (secondary N) is 2. The van der Waals surface area contributed by atoms with Gasteiger partial charge in [-0.3, -0.25) is 14.8 Å². The first-order valence-electron chi connectivity index (χ1n) is 10.6. The average molecular weight is 477 g/mol. The Hall–Kier alpha value is -0.0800. The number of piperidine rings is 1. The number of aliphatic imine (C=N–C) groups is 1. The van der Waals surface area contributed by atoms with Crippen molar-refractivity contribution in [1.29, 1.82) is 0 Å². The number of hydrogen-bond acceptors (Lipinski definition) is 3. The molecule has 3 fully saturated rings. The van der Waals surface area contributed by atoms with Gasteiger partial charge in [-0.15, -0.1) is 24.0 Å². The zero-order valence-corrected chi connectivity index (χ0v) is 19.4. The van der Waals surface area contributed by atoms with Crippen LogP contribution in [0.2, 0.25) is 0 Å². The van der Waals surface area contributed by atoms with E-state index in [1.807, 2.05) is 7.05 Å². The first kappa shape index (κ1) is 22.2. The SMILES string of the molecule is CN=C(NCC(C)N1CCCC(C)C1)NC1CCN(C2CCCC2)C1.I. The fraction of sp³-hybridized carbons (Fsp3) is 0.950. The van der Waals surface area contributed by atoms with E-state index in [4.69, 9.17) is 0 Å². The standard InChI is InChI=1S/C20H39N5.HI/c1-16-7-6-11-24(14-16)17(2)13-22-20(21-3)23-18-10-12-25(15-18)19-8-4-5-9-19;/h16-19H,4-15H2,1-3H3,(H2,21,22,23);1H. The van der Waals surface area contributed by atoms with E-state index in [0.29, 0.717) is 12.1 Å². The molecule has 0 aromatic rings. The Labute approximate surface area is 177 Å². The molecule has 152 valence electrons. The van der Waals surface area contributed by atoms with Crippen molar-refractivity contribution < 1.29 is 0 Å². The average Bonchev–Trinajstić information content (AvgIpc) is 3.29. The lowest BCUT2D eigenvalue weighted by Crippen LogP contribution is -2.50. The number of hydrogen-bond donors (Lipinski definition) is 2. The minimum absolute atomic E-state index is 0. The molecule has 3 unspecified atom stereocenters. The Morgan fingerprint density at radius 3 is 2.54 bits per heavy atom. The molecule has 2 N–H and O–H groups in total. The van der Waals surface area contributed by atoms with Crippen molar-refractivity contribution >= 4 is 29.9 Å². The molecule has 0 amide bonds. The Balaban J connectivity index is 0.00000243. The number of likely N-dealkylation sites (tertiary alicyclic amines) is 2. The summed E-state index contributed by atoms with van der Waals surface area (Å²) < 4.78 is 0. The van der Waals surface area contributed by atoms with E-state index in [0.717, 1.165) is 24.5 Å². The van der Waals surface area contributed by atoms with Crippen LogP contribution in [0.5, 0.6) is 0 Å². The summed E-state index contributed by atoms with van der Waals surface area (Å²) in [7, 11) is 1.90. The second-order valence-electron chi connectivity index (χ2n) is 8.61. The van der Waals surface area contributed by atoms with E-state index >= 15 is 0 Å². The highest BCUT2D eigenvalue weighted by molar-refractivity contribution is 14.0. The molecule has 0 aromatic carbocycles. The van der Waals surface area contributed by atoms with Gasteiger partial charge < -0.3 is 10.6 Å². The third-order valence-electron chi connectivity index (χ3n) is 6.50. The van der Waals surface area contributed by atoms with Gasteiger partial charge in [-0.05, 0) is 51.5 Å². The molecular formula is C20H40IN5. The van der Waals surface area contributed by atoms with Crippen molar-refractivity contribution in [1.82, 2.24) is 20.4 Å². The van der Waals surface area contributed by atoms with E-state index in [1.165, 1.54) is 71.1 Å². The van der Waals surface area contributed by atoms with Crippen LogP contribution in [0.3, 0.4) is 0 Å². The maximum atomic E-state index is 4.46. The summed E-state index contributed by atoms with van der Waals surface area (Å²) in [5, 5.41) is 7.24. The normalized spacial score (nSPS) is 30.2. The van der Waals surface area contributed by atoms with Crippen molar-refractivity contribution in [3.63, 3.8) is 0 Å². The molecule has 5 nitrogen and oxygen atoms in total. The first-order chi connectivity index (χ1) is 12.2. The molecule has 0 spiro atoms. The molecule has 3 atom stereocenters. The number of guanidine groups is 1. The van der Waals surface area contributed by atoms with Gasteiger partial charge in [0.05, 0.1) is 0 Å². The predicted octanol–water partition coefficient (Wildman–Crippen LogP) is 2.91. The lowest BCUT2D eigenvalue weighted by molar-refractivity contribution is 0.139. The third-order valence-corrected chi connectivity index (χ3v) is 6.50. The molecule has 1 aliphatic carbocycles. The molecule has 0 aromatic heterocycles. The Morgan fingerprint density at radius 2 is 1.85 bits per heavy atom. The van der Waals surface area contributed by atoms with E-state index in [1.54, 1.807) is 0 Å². The molecule has 6 heteroatoms. The van der Waals surface area contributed by atoms with Crippen LogP contribution in [0.4, 0.5) is 0 Å². The fourth-order valence-corrected chi connectivity index (χ4v) is 4.89. The molecule has 2 saturated heterocycles. The minimum Gasteiger partial charge on any atom is -0.355 e. The summed E-state index contributed by atoms with van der Waals surface area (Å²) in [5.74, 6) is 1.82. The highest BCUT2D eigenvalue weighted by Crippen LogP contribution is 2.26. The quantitative estimate of drug-likeness (QED) is 0.363. The summed E-state index contributed by atoms with van der Waals surface area (Å²) in [6, 6.07) is 1.97. The number of halogens is 1. The third kappa shape index (κ3) is 6.23. The molecule has 2 heterocycles. The molecule has 0 bridgehead atoms. The lowest BCUT2D eigenvalue weighted by atomic mass is 9.99. The van der Waals surface area contributed by atoms with Gasteiger partial charge >= 0.3 is 0 Å². The van der Waals surface area contributed by atoms with Gasteiger partial charge in [0.2, 0.25) is 0 Å². The highest BCUT2D eigenvalue weighted by atomic mass is 127. The van der Waals surface area contributed by atoms with Crippen LogP contribution in [-0.2, 0) is 0 Å². The van der Waals surface area contributed by atoms with Gasteiger partial charge in [-0.25, -0.2) is 0 Å². The summed E-state index contributed by atoms with van der Waals surface area (Å²) in [6.07, 6.45) is 9.65. The predicted molar refractivity (Wildman–Crippen MR) is 122 cm³/mol.